The van der Waals surface area contributed by atoms with Crippen LogP contribution in [0.1, 0.15) is 13.3 Å². The van der Waals surface area contributed by atoms with Gasteiger partial charge >= 0.3 is 0 Å². The fourth-order valence-electron chi connectivity index (χ4n) is 3.45. The maximum absolute atomic E-state index is 11.8. The molecular weight excluding hydrogens is 368 g/mol. The summed E-state index contributed by atoms with van der Waals surface area (Å²) in [6.07, 6.45) is 2.31. The largest absolute Gasteiger partial charge is 0.486 e. The number of nitrogens with zero attached hydrogens (tertiary/aromatic N) is 3. The highest BCUT2D eigenvalue weighted by Crippen LogP contribution is 2.33. The Morgan fingerprint density at radius 2 is 2.04 bits per heavy atom. The molecular formula is C18H22N4O4S. The van der Waals surface area contributed by atoms with E-state index in [2.05, 4.69) is 15.3 Å². The number of rotatable bonds is 5. The third-order valence-corrected chi connectivity index (χ3v) is 6.47. The Labute approximate surface area is 158 Å². The number of benzene rings is 1. The normalized spacial score (nSPS) is 20.3. The van der Waals surface area contributed by atoms with Crippen molar-refractivity contribution in [1.29, 1.82) is 0 Å². The second-order valence-corrected chi connectivity index (χ2v) is 8.79. The highest BCUT2D eigenvalue weighted by atomic mass is 32.2. The number of nitrogens with one attached hydrogen (secondary N) is 1. The molecule has 1 aromatic carbocycles. The van der Waals surface area contributed by atoms with Gasteiger partial charge in [-0.3, -0.25) is 0 Å². The van der Waals surface area contributed by atoms with Crippen molar-refractivity contribution < 1.29 is 17.9 Å². The number of fused-ring (bicyclic) bond motifs is 1. The first-order chi connectivity index (χ1) is 13.0. The third-order valence-electron chi connectivity index (χ3n) is 4.72. The maximum atomic E-state index is 11.8. The molecule has 1 unspecified atom stereocenters. The SMILES string of the molecule is CCN(c1ccnc(Nc2ccc3c(c2)OCCO3)n1)C1CCS(=O)(=O)C1. The Bertz CT molecular complexity index is 935. The first kappa shape index (κ1) is 17.8. The lowest BCUT2D eigenvalue weighted by atomic mass is 10.2. The lowest BCUT2D eigenvalue weighted by Crippen LogP contribution is -2.36. The van der Waals surface area contributed by atoms with E-state index in [0.717, 1.165) is 17.3 Å². The van der Waals surface area contributed by atoms with Crippen LogP contribution in [0.5, 0.6) is 11.5 Å². The van der Waals surface area contributed by atoms with Gasteiger partial charge in [-0.15, -0.1) is 0 Å². The third kappa shape index (κ3) is 3.92. The van der Waals surface area contributed by atoms with Gasteiger partial charge in [-0.1, -0.05) is 0 Å². The van der Waals surface area contributed by atoms with Crippen molar-refractivity contribution in [2.45, 2.75) is 19.4 Å². The summed E-state index contributed by atoms with van der Waals surface area (Å²) >= 11 is 0. The maximum Gasteiger partial charge on any atom is 0.229 e. The lowest BCUT2D eigenvalue weighted by molar-refractivity contribution is 0.171. The standard InChI is InChI=1S/C18H22N4O4S/c1-2-22(14-6-10-27(23,24)12-14)17-5-7-19-18(21-17)20-13-3-4-15-16(11-13)26-9-8-25-15/h3-5,7,11,14H,2,6,8-10,12H2,1H3,(H,19,20,21). The zero-order valence-electron chi connectivity index (χ0n) is 15.1. The van der Waals surface area contributed by atoms with Gasteiger partial charge in [-0.05, 0) is 31.5 Å². The number of hydrogen-bond acceptors (Lipinski definition) is 8. The predicted octanol–water partition coefficient (Wildman–Crippen LogP) is 2.00. The number of anilines is 3. The van der Waals surface area contributed by atoms with E-state index in [-0.39, 0.29) is 17.5 Å². The molecule has 1 N–H and O–H groups in total. The molecule has 0 bridgehead atoms. The summed E-state index contributed by atoms with van der Waals surface area (Å²) in [5, 5.41) is 3.18. The Morgan fingerprint density at radius 3 is 2.78 bits per heavy atom. The summed E-state index contributed by atoms with van der Waals surface area (Å²) in [4.78, 5) is 10.9. The number of ether oxygens (including phenoxy) is 2. The minimum Gasteiger partial charge on any atom is -0.486 e. The summed E-state index contributed by atoms with van der Waals surface area (Å²) in [6, 6.07) is 7.35. The molecule has 8 nitrogen and oxygen atoms in total. The zero-order chi connectivity index (χ0) is 18.9. The average molecular weight is 390 g/mol. The van der Waals surface area contributed by atoms with Gasteiger partial charge in [-0.2, -0.15) is 4.98 Å². The van der Waals surface area contributed by atoms with Crippen molar-refractivity contribution in [2.24, 2.45) is 0 Å². The minimum atomic E-state index is -2.95. The van der Waals surface area contributed by atoms with Crippen LogP contribution in [0.4, 0.5) is 17.5 Å². The molecule has 2 aliphatic heterocycles. The predicted molar refractivity (Wildman–Crippen MR) is 103 cm³/mol. The molecule has 9 heteroatoms. The van der Waals surface area contributed by atoms with Gasteiger partial charge in [0.05, 0.1) is 11.5 Å². The fraction of sp³-hybridized carbons (Fsp3) is 0.444. The van der Waals surface area contributed by atoms with Crippen molar-refractivity contribution in [3.63, 3.8) is 0 Å². The van der Waals surface area contributed by atoms with Gasteiger partial charge in [0.2, 0.25) is 5.95 Å². The summed E-state index contributed by atoms with van der Waals surface area (Å²) in [6.45, 7) is 3.76. The van der Waals surface area contributed by atoms with Crippen LogP contribution >= 0.6 is 0 Å². The van der Waals surface area contributed by atoms with Crippen LogP contribution in [0.25, 0.3) is 0 Å². The van der Waals surface area contributed by atoms with Crippen LogP contribution < -0.4 is 19.7 Å². The molecule has 4 rings (SSSR count). The second kappa shape index (κ2) is 7.22. The van der Waals surface area contributed by atoms with Gasteiger partial charge in [0.15, 0.2) is 21.3 Å². The molecule has 0 radical (unpaired) electrons. The van der Waals surface area contributed by atoms with Gasteiger partial charge in [0.25, 0.3) is 0 Å². The van der Waals surface area contributed by atoms with E-state index in [9.17, 15) is 8.42 Å². The van der Waals surface area contributed by atoms with Crippen LogP contribution in [0.2, 0.25) is 0 Å². The van der Waals surface area contributed by atoms with E-state index < -0.39 is 9.84 Å². The highest BCUT2D eigenvalue weighted by molar-refractivity contribution is 7.91. The quantitative estimate of drug-likeness (QED) is 0.829. The zero-order valence-corrected chi connectivity index (χ0v) is 15.9. The summed E-state index contributed by atoms with van der Waals surface area (Å²) in [5.74, 6) is 2.99. The van der Waals surface area contributed by atoms with E-state index in [0.29, 0.717) is 37.9 Å². The molecule has 0 aliphatic carbocycles. The molecule has 0 saturated carbocycles. The molecule has 1 atom stereocenters. The molecule has 0 spiro atoms. The summed E-state index contributed by atoms with van der Waals surface area (Å²) in [7, 11) is -2.95. The molecule has 0 amide bonds. The summed E-state index contributed by atoms with van der Waals surface area (Å²) in [5.41, 5.74) is 0.794. The van der Waals surface area contributed by atoms with E-state index in [1.165, 1.54) is 0 Å². The van der Waals surface area contributed by atoms with Crippen molar-refractivity contribution in [3.8, 4) is 11.5 Å². The summed E-state index contributed by atoms with van der Waals surface area (Å²) < 4.78 is 34.8. The first-order valence-electron chi connectivity index (χ1n) is 9.01. The highest BCUT2D eigenvalue weighted by Gasteiger charge is 2.32. The van der Waals surface area contributed by atoms with E-state index in [1.807, 2.05) is 36.1 Å². The van der Waals surface area contributed by atoms with Gasteiger partial charge in [0, 0.05) is 30.5 Å². The Balaban J connectivity index is 1.53. The van der Waals surface area contributed by atoms with E-state index >= 15 is 0 Å². The molecule has 1 fully saturated rings. The topological polar surface area (TPSA) is 93.7 Å². The van der Waals surface area contributed by atoms with Crippen molar-refractivity contribution >= 4 is 27.3 Å². The first-order valence-corrected chi connectivity index (χ1v) is 10.8. The Hall–Kier alpha value is -2.55. The fourth-order valence-corrected chi connectivity index (χ4v) is 5.18. The van der Waals surface area contributed by atoms with Crippen LogP contribution in [0.3, 0.4) is 0 Å². The average Bonchev–Trinajstić information content (AvgIpc) is 3.02. The minimum absolute atomic E-state index is 0.0444. The van der Waals surface area contributed by atoms with Crippen molar-refractivity contribution in [1.82, 2.24) is 9.97 Å². The van der Waals surface area contributed by atoms with Crippen LogP contribution in [0, 0.1) is 0 Å². The van der Waals surface area contributed by atoms with Crippen molar-refractivity contribution in [2.75, 3.05) is 41.5 Å². The van der Waals surface area contributed by atoms with Crippen LogP contribution in [-0.2, 0) is 9.84 Å². The van der Waals surface area contributed by atoms with Crippen molar-refractivity contribution in [3.05, 3.63) is 30.5 Å². The smallest absolute Gasteiger partial charge is 0.229 e. The van der Waals surface area contributed by atoms with E-state index in [1.54, 1.807) is 6.20 Å². The van der Waals surface area contributed by atoms with Gasteiger partial charge < -0.3 is 19.7 Å². The molecule has 27 heavy (non-hydrogen) atoms. The van der Waals surface area contributed by atoms with Gasteiger partial charge in [-0.25, -0.2) is 13.4 Å². The number of aromatic nitrogens is 2. The molecule has 2 aromatic rings. The monoisotopic (exact) mass is 390 g/mol. The number of sulfone groups is 1. The van der Waals surface area contributed by atoms with Crippen LogP contribution in [0.15, 0.2) is 30.5 Å². The molecule has 144 valence electrons. The van der Waals surface area contributed by atoms with Crippen LogP contribution in [-0.4, -0.2) is 55.7 Å². The molecule has 1 saturated heterocycles. The van der Waals surface area contributed by atoms with E-state index in [4.69, 9.17) is 9.47 Å². The Morgan fingerprint density at radius 1 is 1.22 bits per heavy atom. The van der Waals surface area contributed by atoms with Gasteiger partial charge in [0.1, 0.15) is 19.0 Å². The molecule has 2 aliphatic rings. The lowest BCUT2D eigenvalue weighted by Gasteiger charge is -2.28. The second-order valence-electron chi connectivity index (χ2n) is 6.56. The molecule has 1 aromatic heterocycles. The molecule has 3 heterocycles. The Kier molecular flexibility index (Phi) is 4.77. The number of hydrogen-bond donors (Lipinski definition) is 1.